The molecule has 208 valence electrons. The first-order valence-corrected chi connectivity index (χ1v) is 12.6. The average Bonchev–Trinajstić information content (AvgIpc) is 2.87. The maximum absolute atomic E-state index is 15.3. The highest BCUT2D eigenvalue weighted by Crippen LogP contribution is 2.36. The maximum atomic E-state index is 15.3. The lowest BCUT2D eigenvalue weighted by Crippen LogP contribution is -2.46. The van der Waals surface area contributed by atoms with E-state index in [2.05, 4.69) is 14.9 Å². The van der Waals surface area contributed by atoms with Crippen molar-refractivity contribution in [3.05, 3.63) is 53.2 Å². The third-order valence-electron chi connectivity index (χ3n) is 6.22. The molecule has 1 saturated heterocycles. The van der Waals surface area contributed by atoms with E-state index < -0.39 is 47.3 Å². The summed E-state index contributed by atoms with van der Waals surface area (Å²) in [5.74, 6) is -7.46. The Morgan fingerprint density at radius 3 is 2.13 bits per heavy atom. The summed E-state index contributed by atoms with van der Waals surface area (Å²) in [6.07, 6.45) is -0.458. The number of carbonyl (C=O) groups is 2. The van der Waals surface area contributed by atoms with Crippen LogP contribution in [0.5, 0.6) is 0 Å². The summed E-state index contributed by atoms with van der Waals surface area (Å²) in [7, 11) is 1.95. The molecule has 12 heteroatoms. The largest absolute Gasteiger partial charge is 0.465 e. The smallest absolute Gasteiger partial charge is 0.323 e. The average molecular weight is 539 g/mol. The number of carbonyl (C=O) groups excluding carboxylic acids is 2. The summed E-state index contributed by atoms with van der Waals surface area (Å²) in [6, 6.07) is 2.86. The van der Waals surface area contributed by atoms with Gasteiger partial charge < -0.3 is 24.0 Å². The van der Waals surface area contributed by atoms with Gasteiger partial charge in [0.2, 0.25) is 0 Å². The fraction of sp³-hybridized carbons (Fsp3) is 0.538. The van der Waals surface area contributed by atoms with E-state index >= 15 is 4.39 Å². The van der Waals surface area contributed by atoms with E-state index in [0.717, 1.165) is 18.3 Å². The van der Waals surface area contributed by atoms with Gasteiger partial charge in [0.15, 0.2) is 17.6 Å². The van der Waals surface area contributed by atoms with Crippen molar-refractivity contribution in [2.75, 3.05) is 57.9 Å². The van der Waals surface area contributed by atoms with Crippen molar-refractivity contribution < 1.29 is 37.0 Å². The fourth-order valence-electron chi connectivity index (χ4n) is 4.38. The number of piperazine rings is 1. The van der Waals surface area contributed by atoms with Crippen molar-refractivity contribution in [3.63, 3.8) is 0 Å². The van der Waals surface area contributed by atoms with Gasteiger partial charge in [0.1, 0.15) is 17.5 Å². The highest BCUT2D eigenvalue weighted by Gasteiger charge is 2.46. The predicted molar refractivity (Wildman–Crippen MR) is 132 cm³/mol. The number of nitrogens with zero attached hydrogens (tertiary/aromatic N) is 4. The SMILES string of the molecule is CCOC(=O)C(C(=O)OCC)C(OCC)C(c1ncc(F)c(N2CCN(C)CC2)n1)c1ccc(F)cc1F. The maximum Gasteiger partial charge on any atom is 0.323 e. The van der Waals surface area contributed by atoms with Crippen molar-refractivity contribution in [2.24, 2.45) is 5.92 Å². The van der Waals surface area contributed by atoms with Crippen molar-refractivity contribution in [3.8, 4) is 0 Å². The highest BCUT2D eigenvalue weighted by atomic mass is 19.1. The van der Waals surface area contributed by atoms with E-state index in [1.807, 2.05) is 7.05 Å². The van der Waals surface area contributed by atoms with Gasteiger partial charge in [-0.3, -0.25) is 9.59 Å². The zero-order valence-corrected chi connectivity index (χ0v) is 22.0. The standard InChI is InChI=1S/C26H33F3N4O5/c1-5-36-22(21(25(34)37-6-2)26(35)38-7-3)20(17-9-8-16(27)14-18(17)28)23-30-15-19(29)24(31-23)33-12-10-32(4)11-13-33/h8-9,14-15,20-22H,5-7,10-13H2,1-4H3. The predicted octanol–water partition coefficient (Wildman–Crippen LogP) is 2.93. The first-order chi connectivity index (χ1) is 18.2. The van der Waals surface area contributed by atoms with Gasteiger partial charge in [0.25, 0.3) is 0 Å². The number of rotatable bonds is 11. The molecule has 0 aliphatic carbocycles. The van der Waals surface area contributed by atoms with E-state index in [1.165, 1.54) is 0 Å². The summed E-state index contributed by atoms with van der Waals surface area (Å²) in [5.41, 5.74) is -0.139. The summed E-state index contributed by atoms with van der Waals surface area (Å²) in [6.45, 7) is 7.01. The van der Waals surface area contributed by atoms with Gasteiger partial charge in [-0.15, -0.1) is 0 Å². The normalized spacial score (nSPS) is 15.8. The second-order valence-corrected chi connectivity index (χ2v) is 8.74. The van der Waals surface area contributed by atoms with Gasteiger partial charge in [-0.2, -0.15) is 0 Å². The third-order valence-corrected chi connectivity index (χ3v) is 6.22. The molecule has 2 atom stereocenters. The molecule has 1 aromatic carbocycles. The summed E-state index contributed by atoms with van der Waals surface area (Å²) in [5, 5.41) is 0. The number of esters is 2. The van der Waals surface area contributed by atoms with Crippen LogP contribution < -0.4 is 4.90 Å². The van der Waals surface area contributed by atoms with Crippen molar-refractivity contribution in [2.45, 2.75) is 32.8 Å². The van der Waals surface area contributed by atoms with Crippen molar-refractivity contribution >= 4 is 17.8 Å². The zero-order valence-electron chi connectivity index (χ0n) is 22.0. The Morgan fingerprint density at radius 2 is 1.58 bits per heavy atom. The molecule has 2 unspecified atom stereocenters. The minimum absolute atomic E-state index is 0.00492. The lowest BCUT2D eigenvalue weighted by atomic mass is 9.84. The molecule has 1 aromatic heterocycles. The fourth-order valence-corrected chi connectivity index (χ4v) is 4.38. The molecule has 38 heavy (non-hydrogen) atoms. The number of anilines is 1. The monoisotopic (exact) mass is 538 g/mol. The Hall–Kier alpha value is -3.25. The number of aromatic nitrogens is 2. The molecule has 1 fully saturated rings. The molecule has 0 radical (unpaired) electrons. The van der Waals surface area contributed by atoms with Crippen LogP contribution in [0.4, 0.5) is 19.0 Å². The number of ether oxygens (including phenoxy) is 3. The minimum atomic E-state index is -1.65. The van der Waals surface area contributed by atoms with Gasteiger partial charge in [0.05, 0.1) is 31.4 Å². The summed E-state index contributed by atoms with van der Waals surface area (Å²) in [4.78, 5) is 38.4. The topological polar surface area (TPSA) is 94.1 Å². The van der Waals surface area contributed by atoms with Gasteiger partial charge in [-0.05, 0) is 33.9 Å². The van der Waals surface area contributed by atoms with Crippen LogP contribution in [0, 0.1) is 23.4 Å². The molecule has 0 spiro atoms. The Labute approximate surface area is 219 Å². The molecule has 3 rings (SSSR count). The number of benzene rings is 1. The molecule has 2 heterocycles. The number of likely N-dealkylation sites (N-methyl/N-ethyl adjacent to an activating group) is 1. The van der Waals surface area contributed by atoms with E-state index in [0.29, 0.717) is 32.2 Å². The molecular formula is C26H33F3N4O5. The Bertz CT molecular complexity index is 1100. The number of hydrogen-bond donors (Lipinski definition) is 0. The Kier molecular flexibility index (Phi) is 10.4. The first-order valence-electron chi connectivity index (χ1n) is 12.6. The van der Waals surface area contributed by atoms with Crippen LogP contribution in [0.15, 0.2) is 24.4 Å². The van der Waals surface area contributed by atoms with Gasteiger partial charge >= 0.3 is 11.9 Å². The second-order valence-electron chi connectivity index (χ2n) is 8.74. The van der Waals surface area contributed by atoms with E-state index in [9.17, 15) is 18.4 Å². The molecule has 9 nitrogen and oxygen atoms in total. The van der Waals surface area contributed by atoms with Crippen LogP contribution in [-0.4, -0.2) is 86.0 Å². The minimum Gasteiger partial charge on any atom is -0.465 e. The van der Waals surface area contributed by atoms with Crippen molar-refractivity contribution in [1.82, 2.24) is 14.9 Å². The van der Waals surface area contributed by atoms with Crippen LogP contribution in [0.2, 0.25) is 0 Å². The summed E-state index contributed by atoms with van der Waals surface area (Å²) < 4.78 is 60.2. The molecule has 0 N–H and O–H groups in total. The van der Waals surface area contributed by atoms with Gasteiger partial charge in [-0.1, -0.05) is 6.07 Å². The summed E-state index contributed by atoms with van der Waals surface area (Å²) >= 11 is 0. The third kappa shape index (κ3) is 6.79. The van der Waals surface area contributed by atoms with Crippen LogP contribution in [-0.2, 0) is 23.8 Å². The van der Waals surface area contributed by atoms with Crippen LogP contribution in [0.3, 0.4) is 0 Å². The number of halogens is 3. The van der Waals surface area contributed by atoms with Crippen LogP contribution >= 0.6 is 0 Å². The molecular weight excluding hydrogens is 505 g/mol. The van der Waals surface area contributed by atoms with E-state index in [1.54, 1.807) is 25.7 Å². The highest BCUT2D eigenvalue weighted by molar-refractivity contribution is 5.96. The Morgan fingerprint density at radius 1 is 0.947 bits per heavy atom. The van der Waals surface area contributed by atoms with Crippen LogP contribution in [0.25, 0.3) is 0 Å². The molecule has 0 amide bonds. The molecule has 2 aromatic rings. The van der Waals surface area contributed by atoms with Crippen LogP contribution in [0.1, 0.15) is 38.1 Å². The van der Waals surface area contributed by atoms with Crippen molar-refractivity contribution in [1.29, 1.82) is 0 Å². The van der Waals surface area contributed by atoms with E-state index in [-0.39, 0.29) is 37.0 Å². The quantitative estimate of drug-likeness (QED) is 0.316. The number of hydrogen-bond acceptors (Lipinski definition) is 9. The molecule has 1 aliphatic heterocycles. The van der Waals surface area contributed by atoms with Gasteiger partial charge in [-0.25, -0.2) is 23.1 Å². The molecule has 1 aliphatic rings. The zero-order chi connectivity index (χ0) is 27.8. The van der Waals surface area contributed by atoms with Gasteiger partial charge in [0, 0.05) is 44.4 Å². The Balaban J connectivity index is 2.20. The lowest BCUT2D eigenvalue weighted by molar-refractivity contribution is -0.169. The molecule has 0 bridgehead atoms. The molecule has 0 saturated carbocycles. The second kappa shape index (κ2) is 13.5. The lowest BCUT2D eigenvalue weighted by Gasteiger charge is -2.34. The van der Waals surface area contributed by atoms with E-state index in [4.69, 9.17) is 14.2 Å². The first kappa shape index (κ1) is 29.3.